The Morgan fingerprint density at radius 2 is 1.83 bits per heavy atom. The van der Waals surface area contributed by atoms with Gasteiger partial charge in [0.2, 0.25) is 15.9 Å². The molecule has 0 bridgehead atoms. The highest BCUT2D eigenvalue weighted by atomic mass is 32.2. The van der Waals surface area contributed by atoms with E-state index in [2.05, 4.69) is 5.32 Å². The highest BCUT2D eigenvalue weighted by Crippen LogP contribution is 2.29. The van der Waals surface area contributed by atoms with Gasteiger partial charge in [-0.3, -0.25) is 4.79 Å². The molecule has 23 heavy (non-hydrogen) atoms. The molecule has 0 aromatic rings. The summed E-state index contributed by atoms with van der Waals surface area (Å²) in [5.74, 6) is -0.0440. The maximum Gasteiger partial charge on any atom is 0.329 e. The zero-order valence-corrected chi connectivity index (χ0v) is 14.9. The maximum atomic E-state index is 12.5. The Morgan fingerprint density at radius 3 is 2.30 bits per heavy atom. The van der Waals surface area contributed by atoms with Crippen molar-refractivity contribution in [1.82, 2.24) is 9.62 Å². The molecule has 7 nitrogen and oxygen atoms in total. The zero-order valence-electron chi connectivity index (χ0n) is 13.3. The van der Waals surface area contributed by atoms with Crippen LogP contribution in [-0.4, -0.2) is 65.6 Å². The first-order valence-electron chi connectivity index (χ1n) is 7.92. The van der Waals surface area contributed by atoms with E-state index in [-0.39, 0.29) is 17.6 Å². The first-order valence-corrected chi connectivity index (χ1v) is 10.7. The van der Waals surface area contributed by atoms with Gasteiger partial charge in [-0.15, -0.1) is 0 Å². The standard InChI is InChI=1S/C14H24N2O5S2/c1-2-23(20,21)16-7-3-11(4-8-16)12(17)15-14(13(18)19)5-9-22-10-6-14/h11H,2-10H2,1H3,(H,15,17)(H,18,19). The molecule has 2 aliphatic heterocycles. The number of thioether (sulfide) groups is 1. The van der Waals surface area contributed by atoms with Crippen molar-refractivity contribution in [2.45, 2.75) is 38.1 Å². The van der Waals surface area contributed by atoms with E-state index >= 15 is 0 Å². The van der Waals surface area contributed by atoms with Crippen LogP contribution in [-0.2, 0) is 19.6 Å². The highest BCUT2D eigenvalue weighted by molar-refractivity contribution is 7.99. The Bertz CT molecular complexity index is 550. The average Bonchev–Trinajstić information content (AvgIpc) is 2.55. The number of amides is 1. The molecule has 2 aliphatic rings. The Labute approximate surface area is 141 Å². The van der Waals surface area contributed by atoms with Crippen molar-refractivity contribution in [2.75, 3.05) is 30.3 Å². The van der Waals surface area contributed by atoms with Crippen LogP contribution in [0.2, 0.25) is 0 Å². The van der Waals surface area contributed by atoms with E-state index < -0.39 is 21.5 Å². The monoisotopic (exact) mass is 364 g/mol. The lowest BCUT2D eigenvalue weighted by Crippen LogP contribution is -2.58. The number of nitrogens with zero attached hydrogens (tertiary/aromatic N) is 1. The topological polar surface area (TPSA) is 104 Å². The highest BCUT2D eigenvalue weighted by Gasteiger charge is 2.43. The number of aliphatic carboxylic acids is 1. The van der Waals surface area contributed by atoms with Gasteiger partial charge in [0.15, 0.2) is 0 Å². The molecule has 2 fully saturated rings. The minimum Gasteiger partial charge on any atom is -0.480 e. The molecule has 9 heteroatoms. The van der Waals surface area contributed by atoms with E-state index in [0.717, 1.165) is 11.5 Å². The van der Waals surface area contributed by atoms with Gasteiger partial charge in [0.25, 0.3) is 0 Å². The minimum atomic E-state index is -3.22. The molecule has 0 unspecified atom stereocenters. The Kier molecular flexibility index (Phi) is 5.96. The van der Waals surface area contributed by atoms with Crippen LogP contribution in [0.4, 0.5) is 0 Å². The Hall–Kier alpha value is -0.800. The van der Waals surface area contributed by atoms with E-state index in [9.17, 15) is 23.1 Å². The molecule has 0 spiro atoms. The lowest BCUT2D eigenvalue weighted by Gasteiger charge is -2.36. The van der Waals surface area contributed by atoms with Gasteiger partial charge >= 0.3 is 5.97 Å². The number of piperidine rings is 1. The van der Waals surface area contributed by atoms with Crippen molar-refractivity contribution in [2.24, 2.45) is 5.92 Å². The Morgan fingerprint density at radius 1 is 1.26 bits per heavy atom. The van der Waals surface area contributed by atoms with Crippen molar-refractivity contribution < 1.29 is 23.1 Å². The van der Waals surface area contributed by atoms with Gasteiger partial charge in [-0.1, -0.05) is 0 Å². The largest absolute Gasteiger partial charge is 0.480 e. The third-order valence-electron chi connectivity index (χ3n) is 4.70. The van der Waals surface area contributed by atoms with Crippen molar-refractivity contribution in [3.8, 4) is 0 Å². The van der Waals surface area contributed by atoms with E-state index in [1.165, 1.54) is 4.31 Å². The van der Waals surface area contributed by atoms with Crippen molar-refractivity contribution in [1.29, 1.82) is 0 Å². The molecule has 0 saturated carbocycles. The number of hydrogen-bond donors (Lipinski definition) is 2. The van der Waals surface area contributed by atoms with Crippen LogP contribution < -0.4 is 5.32 Å². The molecule has 2 heterocycles. The molecule has 0 atom stereocenters. The second-order valence-electron chi connectivity index (χ2n) is 6.06. The number of hydrogen-bond acceptors (Lipinski definition) is 5. The first-order chi connectivity index (χ1) is 10.8. The molecule has 0 aromatic carbocycles. The third-order valence-corrected chi connectivity index (χ3v) is 7.57. The summed E-state index contributed by atoms with van der Waals surface area (Å²) in [6, 6.07) is 0. The molecule has 0 aromatic heterocycles. The molecule has 0 radical (unpaired) electrons. The number of sulfonamides is 1. The fourth-order valence-corrected chi connectivity index (χ4v) is 5.35. The van der Waals surface area contributed by atoms with Gasteiger partial charge in [-0.2, -0.15) is 11.8 Å². The fraction of sp³-hybridized carbons (Fsp3) is 0.857. The lowest BCUT2D eigenvalue weighted by molar-refractivity contribution is -0.149. The van der Waals surface area contributed by atoms with Crippen LogP contribution >= 0.6 is 11.8 Å². The van der Waals surface area contributed by atoms with Gasteiger partial charge in [-0.25, -0.2) is 17.5 Å². The smallest absolute Gasteiger partial charge is 0.329 e. The van der Waals surface area contributed by atoms with E-state index in [0.29, 0.717) is 38.8 Å². The van der Waals surface area contributed by atoms with Crippen LogP contribution in [0.5, 0.6) is 0 Å². The van der Waals surface area contributed by atoms with E-state index in [4.69, 9.17) is 0 Å². The number of carbonyl (C=O) groups excluding carboxylic acids is 1. The summed E-state index contributed by atoms with van der Waals surface area (Å²) in [5, 5.41) is 12.3. The molecule has 1 amide bonds. The fourth-order valence-electron chi connectivity index (χ4n) is 3.03. The number of carboxylic acids is 1. The molecule has 2 saturated heterocycles. The minimum absolute atomic E-state index is 0.0592. The predicted octanol–water partition coefficient (Wildman–Crippen LogP) is 0.515. The van der Waals surface area contributed by atoms with Crippen molar-refractivity contribution >= 4 is 33.7 Å². The Balaban J connectivity index is 1.95. The molecular formula is C14H24N2O5S2. The number of rotatable bonds is 5. The van der Waals surface area contributed by atoms with Gasteiger partial charge in [0.05, 0.1) is 5.75 Å². The molecule has 0 aliphatic carbocycles. The second kappa shape index (κ2) is 7.40. The number of carboxylic acid groups (broad SMARTS) is 1. The second-order valence-corrected chi connectivity index (χ2v) is 9.55. The van der Waals surface area contributed by atoms with Crippen LogP contribution in [0.25, 0.3) is 0 Å². The summed E-state index contributed by atoms with van der Waals surface area (Å²) < 4.78 is 25.1. The summed E-state index contributed by atoms with van der Waals surface area (Å²) in [6.07, 6.45) is 1.74. The van der Waals surface area contributed by atoms with Crippen molar-refractivity contribution in [3.63, 3.8) is 0 Å². The number of nitrogens with one attached hydrogen (secondary N) is 1. The summed E-state index contributed by atoms with van der Waals surface area (Å²) in [7, 11) is -3.22. The van der Waals surface area contributed by atoms with Crippen LogP contribution in [0.1, 0.15) is 32.6 Å². The van der Waals surface area contributed by atoms with Crippen LogP contribution in [0.3, 0.4) is 0 Å². The van der Waals surface area contributed by atoms with Gasteiger partial charge in [0, 0.05) is 19.0 Å². The summed E-state index contributed by atoms with van der Waals surface area (Å²) in [4.78, 5) is 24.1. The summed E-state index contributed by atoms with van der Waals surface area (Å²) in [5.41, 5.74) is -1.16. The third kappa shape index (κ3) is 4.19. The van der Waals surface area contributed by atoms with Crippen molar-refractivity contribution in [3.05, 3.63) is 0 Å². The molecule has 132 valence electrons. The van der Waals surface area contributed by atoms with Gasteiger partial charge in [-0.05, 0) is 44.1 Å². The molecule has 2 N–H and O–H groups in total. The molecule has 2 rings (SSSR count). The van der Waals surface area contributed by atoms with E-state index in [1.54, 1.807) is 18.7 Å². The summed E-state index contributed by atoms with van der Waals surface area (Å²) >= 11 is 1.69. The maximum absolute atomic E-state index is 12.5. The molecular weight excluding hydrogens is 340 g/mol. The van der Waals surface area contributed by atoms with Gasteiger partial charge < -0.3 is 10.4 Å². The summed E-state index contributed by atoms with van der Waals surface area (Å²) in [6.45, 7) is 2.25. The SMILES string of the molecule is CCS(=O)(=O)N1CCC(C(=O)NC2(C(=O)O)CCSCC2)CC1. The van der Waals surface area contributed by atoms with Crippen LogP contribution in [0, 0.1) is 5.92 Å². The van der Waals surface area contributed by atoms with E-state index in [1.807, 2.05) is 0 Å². The normalized spacial score (nSPS) is 23.3. The van der Waals surface area contributed by atoms with Crippen LogP contribution in [0.15, 0.2) is 0 Å². The van der Waals surface area contributed by atoms with Gasteiger partial charge in [0.1, 0.15) is 5.54 Å². The quantitative estimate of drug-likeness (QED) is 0.737. The number of carbonyl (C=O) groups is 2. The lowest BCUT2D eigenvalue weighted by atomic mass is 9.89. The first kappa shape index (κ1) is 18.5. The zero-order chi connectivity index (χ0) is 17.1. The average molecular weight is 364 g/mol. The predicted molar refractivity (Wildman–Crippen MR) is 88.8 cm³/mol.